The topological polar surface area (TPSA) is 165 Å². The van der Waals surface area contributed by atoms with Crippen LogP contribution in [0.3, 0.4) is 0 Å². The molecule has 0 aliphatic carbocycles. The maximum absolute atomic E-state index is 11.4. The molecule has 0 unspecified atom stereocenters. The lowest BCUT2D eigenvalue weighted by atomic mass is 10.1. The van der Waals surface area contributed by atoms with Crippen molar-refractivity contribution in [1.29, 1.82) is 0 Å². The first-order chi connectivity index (χ1) is 19.5. The van der Waals surface area contributed by atoms with Gasteiger partial charge in [-0.2, -0.15) is 20.1 Å². The Morgan fingerprint density at radius 3 is 1.95 bits per heavy atom. The summed E-state index contributed by atoms with van der Waals surface area (Å²) in [7, 11) is 0. The number of anilines is 3. The van der Waals surface area contributed by atoms with Gasteiger partial charge < -0.3 is 14.5 Å². The van der Waals surface area contributed by atoms with Crippen LogP contribution in [0.2, 0.25) is 0 Å². The van der Waals surface area contributed by atoms with Crippen LogP contribution < -0.4 is 20.0 Å². The SMILES string of the molecule is O=[N+]([O-])c1ccc(Oc2ccc(/C=N/Nc3nc(N4CCCCC4)nc(N4CCCCC4)n3)cc2)c([N+](=O)[O-])c1. The number of nitro benzene ring substituents is 2. The van der Waals surface area contributed by atoms with Crippen molar-refractivity contribution in [2.45, 2.75) is 38.5 Å². The normalized spacial score (nSPS) is 15.7. The first-order valence-electron chi connectivity index (χ1n) is 13.2. The first kappa shape index (κ1) is 26.7. The fourth-order valence-electron chi connectivity index (χ4n) is 4.64. The van der Waals surface area contributed by atoms with E-state index >= 15 is 0 Å². The summed E-state index contributed by atoms with van der Waals surface area (Å²) in [6.07, 6.45) is 8.48. The van der Waals surface area contributed by atoms with E-state index in [9.17, 15) is 20.2 Å². The Bertz CT molecular complexity index is 1350. The molecule has 14 nitrogen and oxygen atoms in total. The highest BCUT2D eigenvalue weighted by Crippen LogP contribution is 2.34. The van der Waals surface area contributed by atoms with Gasteiger partial charge in [-0.1, -0.05) is 0 Å². The van der Waals surface area contributed by atoms with Crippen LogP contribution in [0.4, 0.5) is 29.2 Å². The average molecular weight is 548 g/mol. The summed E-state index contributed by atoms with van der Waals surface area (Å²) < 4.78 is 5.62. The molecule has 14 heteroatoms. The smallest absolute Gasteiger partial charge is 0.318 e. The second kappa shape index (κ2) is 12.3. The molecule has 5 rings (SSSR count). The van der Waals surface area contributed by atoms with Crippen LogP contribution in [0.1, 0.15) is 44.1 Å². The van der Waals surface area contributed by atoms with Crippen molar-refractivity contribution in [3.63, 3.8) is 0 Å². The molecule has 1 N–H and O–H groups in total. The van der Waals surface area contributed by atoms with Gasteiger partial charge in [0, 0.05) is 32.2 Å². The van der Waals surface area contributed by atoms with Gasteiger partial charge in [0.05, 0.1) is 22.1 Å². The molecule has 0 radical (unpaired) electrons. The summed E-state index contributed by atoms with van der Waals surface area (Å²) in [6.45, 7) is 3.68. The molecule has 40 heavy (non-hydrogen) atoms. The van der Waals surface area contributed by atoms with Crippen molar-refractivity contribution >= 4 is 35.4 Å². The van der Waals surface area contributed by atoms with Gasteiger partial charge in [0.25, 0.3) is 5.69 Å². The molecule has 0 amide bonds. The number of nitro groups is 2. The number of rotatable bonds is 9. The molecule has 2 fully saturated rings. The van der Waals surface area contributed by atoms with Crippen molar-refractivity contribution in [2.24, 2.45) is 5.10 Å². The number of benzene rings is 2. The molecular formula is C26H29N9O5. The van der Waals surface area contributed by atoms with Crippen LogP contribution in [0, 0.1) is 20.2 Å². The van der Waals surface area contributed by atoms with Gasteiger partial charge in [0.1, 0.15) is 5.75 Å². The fraction of sp³-hybridized carbons (Fsp3) is 0.385. The fourth-order valence-corrected chi connectivity index (χ4v) is 4.64. The van der Waals surface area contributed by atoms with E-state index in [0.717, 1.165) is 69.6 Å². The molecule has 2 aromatic carbocycles. The number of ether oxygens (including phenoxy) is 1. The maximum atomic E-state index is 11.4. The lowest BCUT2D eigenvalue weighted by Gasteiger charge is -2.30. The Balaban J connectivity index is 1.28. The van der Waals surface area contributed by atoms with E-state index in [4.69, 9.17) is 9.72 Å². The second-order valence-corrected chi connectivity index (χ2v) is 9.56. The maximum Gasteiger partial charge on any atom is 0.318 e. The van der Waals surface area contributed by atoms with Gasteiger partial charge in [0.2, 0.25) is 23.6 Å². The minimum absolute atomic E-state index is 0.0949. The molecule has 0 saturated carbocycles. The summed E-state index contributed by atoms with van der Waals surface area (Å²) in [5.41, 5.74) is 2.79. The van der Waals surface area contributed by atoms with E-state index in [0.29, 0.717) is 23.6 Å². The zero-order valence-corrected chi connectivity index (χ0v) is 21.8. The Morgan fingerprint density at radius 1 is 0.800 bits per heavy atom. The van der Waals surface area contributed by atoms with Crippen molar-refractivity contribution in [3.05, 3.63) is 68.3 Å². The Hall–Kier alpha value is -4.88. The molecule has 2 aliphatic heterocycles. The Labute approximate surface area is 230 Å². The van der Waals surface area contributed by atoms with E-state index in [2.05, 4.69) is 30.3 Å². The minimum Gasteiger partial charge on any atom is -0.450 e. The molecule has 208 valence electrons. The molecule has 0 spiro atoms. The zero-order chi connectivity index (χ0) is 27.9. The third-order valence-electron chi connectivity index (χ3n) is 6.73. The number of nitrogens with one attached hydrogen (secondary N) is 1. The third-order valence-corrected chi connectivity index (χ3v) is 6.73. The van der Waals surface area contributed by atoms with Crippen molar-refractivity contribution in [2.75, 3.05) is 41.4 Å². The van der Waals surface area contributed by atoms with Crippen molar-refractivity contribution in [1.82, 2.24) is 15.0 Å². The summed E-state index contributed by atoms with van der Waals surface area (Å²) in [6, 6.07) is 9.93. The minimum atomic E-state index is -0.719. The number of nitrogens with zero attached hydrogens (tertiary/aromatic N) is 8. The molecule has 3 aromatic rings. The summed E-state index contributed by atoms with van der Waals surface area (Å²) in [5.74, 6) is 1.93. The van der Waals surface area contributed by atoms with Gasteiger partial charge in [0.15, 0.2) is 0 Å². The second-order valence-electron chi connectivity index (χ2n) is 9.56. The summed E-state index contributed by atoms with van der Waals surface area (Å²) >= 11 is 0. The van der Waals surface area contributed by atoms with Crippen LogP contribution >= 0.6 is 0 Å². The lowest BCUT2D eigenvalue weighted by molar-refractivity contribution is -0.394. The van der Waals surface area contributed by atoms with Crippen LogP contribution in [0.25, 0.3) is 0 Å². The summed E-state index contributed by atoms with van der Waals surface area (Å²) in [5, 5.41) is 26.6. The van der Waals surface area contributed by atoms with E-state index in [1.807, 2.05) is 0 Å². The quantitative estimate of drug-likeness (QED) is 0.220. The lowest BCUT2D eigenvalue weighted by Crippen LogP contribution is -2.34. The van der Waals surface area contributed by atoms with Crippen molar-refractivity contribution in [3.8, 4) is 11.5 Å². The summed E-state index contributed by atoms with van der Waals surface area (Å²) in [4.78, 5) is 39.3. The number of hydrogen-bond acceptors (Lipinski definition) is 12. The first-order valence-corrected chi connectivity index (χ1v) is 13.2. The average Bonchev–Trinajstić information content (AvgIpc) is 2.99. The highest BCUT2D eigenvalue weighted by Gasteiger charge is 2.22. The number of piperidine rings is 2. The number of aromatic nitrogens is 3. The van der Waals surface area contributed by atoms with Gasteiger partial charge in [-0.15, -0.1) is 0 Å². The van der Waals surface area contributed by atoms with Gasteiger partial charge in [-0.3, -0.25) is 20.2 Å². The van der Waals surface area contributed by atoms with E-state index in [1.54, 1.807) is 30.5 Å². The zero-order valence-electron chi connectivity index (χ0n) is 21.8. The largest absolute Gasteiger partial charge is 0.450 e. The molecular weight excluding hydrogens is 518 g/mol. The molecule has 2 aliphatic rings. The van der Waals surface area contributed by atoms with Crippen LogP contribution in [-0.2, 0) is 0 Å². The van der Waals surface area contributed by atoms with E-state index in [-0.39, 0.29) is 11.4 Å². The van der Waals surface area contributed by atoms with Crippen LogP contribution in [0.5, 0.6) is 11.5 Å². The van der Waals surface area contributed by atoms with Crippen molar-refractivity contribution < 1.29 is 14.6 Å². The van der Waals surface area contributed by atoms with E-state index < -0.39 is 15.5 Å². The highest BCUT2D eigenvalue weighted by molar-refractivity contribution is 5.80. The molecule has 0 bridgehead atoms. The molecule has 0 atom stereocenters. The molecule has 1 aromatic heterocycles. The van der Waals surface area contributed by atoms with Crippen LogP contribution in [-0.4, -0.2) is 57.2 Å². The Kier molecular flexibility index (Phi) is 8.23. The van der Waals surface area contributed by atoms with Crippen LogP contribution in [0.15, 0.2) is 47.6 Å². The standard InChI is InChI=1S/C26H29N9O5/c36-34(37)20-9-12-23(22(17-20)35(38)39)40-21-10-7-19(8-11-21)18-27-31-24-28-25(32-13-3-1-4-14-32)30-26(29-24)33-15-5-2-6-16-33/h7-12,17-18H,1-6,13-16H2,(H,28,29,30,31)/b27-18+. The predicted molar refractivity (Wildman–Crippen MR) is 149 cm³/mol. The Morgan fingerprint density at radius 2 is 1.40 bits per heavy atom. The highest BCUT2D eigenvalue weighted by atomic mass is 16.6. The van der Waals surface area contributed by atoms with Gasteiger partial charge >= 0.3 is 5.69 Å². The molecule has 2 saturated heterocycles. The third kappa shape index (κ3) is 6.57. The van der Waals surface area contributed by atoms with Gasteiger partial charge in [-0.25, -0.2) is 5.43 Å². The monoisotopic (exact) mass is 547 g/mol. The van der Waals surface area contributed by atoms with E-state index in [1.165, 1.54) is 18.9 Å². The predicted octanol–water partition coefficient (Wildman–Crippen LogP) is 4.91. The number of hydrogen-bond donors (Lipinski definition) is 1. The molecule has 3 heterocycles. The number of non-ortho nitro benzene ring substituents is 1. The number of hydrazone groups is 1. The van der Waals surface area contributed by atoms with Gasteiger partial charge in [-0.05, 0) is 74.4 Å².